The van der Waals surface area contributed by atoms with Crippen LogP contribution in [0, 0.1) is 17.8 Å². The highest BCUT2D eigenvalue weighted by atomic mass is 16.5. The quantitative estimate of drug-likeness (QED) is 0.706. The minimum atomic E-state index is 0.262. The van der Waals surface area contributed by atoms with Crippen LogP contribution in [0.4, 0.5) is 0 Å². The lowest BCUT2D eigenvalue weighted by molar-refractivity contribution is 0.0578. The molecule has 0 spiro atoms. The van der Waals surface area contributed by atoms with Crippen LogP contribution >= 0.6 is 0 Å². The lowest BCUT2D eigenvalue weighted by Gasteiger charge is -2.42. The molecule has 3 nitrogen and oxygen atoms in total. The maximum absolute atomic E-state index is 5.86. The Morgan fingerprint density at radius 2 is 1.66 bits per heavy atom. The van der Waals surface area contributed by atoms with Crippen LogP contribution < -0.4 is 4.74 Å². The zero-order chi connectivity index (χ0) is 19.8. The van der Waals surface area contributed by atoms with Crippen molar-refractivity contribution in [3.05, 3.63) is 65.7 Å². The molecule has 0 N–H and O–H groups in total. The molecule has 0 amide bonds. The van der Waals surface area contributed by atoms with E-state index in [4.69, 9.17) is 4.74 Å². The molecule has 2 aliphatic carbocycles. The second-order valence-electron chi connectivity index (χ2n) is 9.32. The van der Waals surface area contributed by atoms with Gasteiger partial charge in [0.1, 0.15) is 5.75 Å². The van der Waals surface area contributed by atoms with Crippen molar-refractivity contribution in [2.45, 2.75) is 38.8 Å². The third-order valence-electron chi connectivity index (χ3n) is 7.57. The summed E-state index contributed by atoms with van der Waals surface area (Å²) in [5.74, 6) is 3.57. The molecule has 3 fully saturated rings. The highest BCUT2D eigenvalue weighted by Crippen LogP contribution is 2.70. The summed E-state index contributed by atoms with van der Waals surface area (Å²) in [4.78, 5) is 5.46. The molecule has 154 valence electrons. The Labute approximate surface area is 175 Å². The van der Waals surface area contributed by atoms with Crippen molar-refractivity contribution in [1.29, 1.82) is 0 Å². The Morgan fingerprint density at radius 1 is 0.931 bits per heavy atom. The number of hydrogen-bond acceptors (Lipinski definition) is 3. The van der Waals surface area contributed by atoms with Gasteiger partial charge in [-0.1, -0.05) is 49.4 Å². The fraction of sp³-hybridized carbons (Fsp3) is 0.538. The van der Waals surface area contributed by atoms with Crippen molar-refractivity contribution in [1.82, 2.24) is 9.80 Å². The Balaban J connectivity index is 1.34. The molecule has 1 aliphatic heterocycles. The number of rotatable bonds is 6. The van der Waals surface area contributed by atoms with Crippen molar-refractivity contribution >= 4 is 0 Å². The van der Waals surface area contributed by atoms with Gasteiger partial charge in [-0.05, 0) is 60.8 Å². The lowest BCUT2D eigenvalue weighted by atomic mass is 9.89. The first-order valence-electron chi connectivity index (χ1n) is 11.5. The maximum atomic E-state index is 5.86. The van der Waals surface area contributed by atoms with Crippen molar-refractivity contribution in [3.63, 3.8) is 0 Å². The van der Waals surface area contributed by atoms with Crippen LogP contribution in [0.3, 0.4) is 0 Å². The Morgan fingerprint density at radius 3 is 2.34 bits per heavy atom. The molecule has 2 saturated carbocycles. The average Bonchev–Trinajstić information content (AvgIpc) is 3.16. The van der Waals surface area contributed by atoms with Crippen LogP contribution in [-0.4, -0.2) is 42.6 Å². The van der Waals surface area contributed by atoms with Gasteiger partial charge in [0.15, 0.2) is 0 Å². The molecule has 3 aliphatic rings. The standard InChI is InChI=1S/C26H34N2O/c1-3-29-23-11-7-10-22(18-23)26(24-16-20(2)17-25(24)26)28-14-12-27(13-15-28)19-21-8-5-4-6-9-21/h4-11,18,20,24-25H,3,12-17,19H2,1-2H3/t20?,24-,25+,26?. The minimum Gasteiger partial charge on any atom is -0.494 e. The van der Waals surface area contributed by atoms with Crippen molar-refractivity contribution < 1.29 is 4.74 Å². The van der Waals surface area contributed by atoms with Gasteiger partial charge >= 0.3 is 0 Å². The van der Waals surface area contributed by atoms with Crippen LogP contribution in [0.15, 0.2) is 54.6 Å². The molecule has 0 aromatic heterocycles. The van der Waals surface area contributed by atoms with Crippen LogP contribution in [0.5, 0.6) is 5.75 Å². The zero-order valence-corrected chi connectivity index (χ0v) is 17.9. The van der Waals surface area contributed by atoms with Gasteiger partial charge in [-0.25, -0.2) is 0 Å². The van der Waals surface area contributed by atoms with Gasteiger partial charge in [0.2, 0.25) is 0 Å². The van der Waals surface area contributed by atoms with Crippen molar-refractivity contribution in [3.8, 4) is 5.75 Å². The smallest absolute Gasteiger partial charge is 0.119 e. The molecule has 0 bridgehead atoms. The molecule has 0 radical (unpaired) electrons. The number of piperazine rings is 1. The molecule has 3 heteroatoms. The first-order valence-corrected chi connectivity index (χ1v) is 11.5. The predicted molar refractivity (Wildman–Crippen MR) is 118 cm³/mol. The summed E-state index contributed by atoms with van der Waals surface area (Å²) in [7, 11) is 0. The molecular formula is C26H34N2O. The van der Waals surface area contributed by atoms with E-state index in [0.717, 1.165) is 49.7 Å². The van der Waals surface area contributed by atoms with Gasteiger partial charge in [-0.3, -0.25) is 9.80 Å². The van der Waals surface area contributed by atoms with Gasteiger partial charge in [-0.2, -0.15) is 0 Å². The minimum absolute atomic E-state index is 0.262. The first kappa shape index (κ1) is 19.1. The Bertz CT molecular complexity index is 816. The normalized spacial score (nSPS) is 32.1. The highest BCUT2D eigenvalue weighted by Gasteiger charge is 2.70. The molecule has 1 saturated heterocycles. The third-order valence-corrected chi connectivity index (χ3v) is 7.57. The van der Waals surface area contributed by atoms with E-state index >= 15 is 0 Å². The summed E-state index contributed by atoms with van der Waals surface area (Å²) in [5, 5.41) is 0. The fourth-order valence-corrected chi connectivity index (χ4v) is 6.37. The second-order valence-corrected chi connectivity index (χ2v) is 9.32. The van der Waals surface area contributed by atoms with E-state index < -0.39 is 0 Å². The second kappa shape index (κ2) is 7.77. The summed E-state index contributed by atoms with van der Waals surface area (Å²) in [6, 6.07) is 19.9. The molecule has 4 atom stereocenters. The monoisotopic (exact) mass is 390 g/mol. The first-order chi connectivity index (χ1) is 14.2. The average molecular weight is 391 g/mol. The van der Waals surface area contributed by atoms with Gasteiger partial charge in [0, 0.05) is 32.7 Å². The number of ether oxygens (including phenoxy) is 1. The van der Waals surface area contributed by atoms with Crippen LogP contribution in [0.25, 0.3) is 0 Å². The van der Waals surface area contributed by atoms with Crippen molar-refractivity contribution in [2.24, 2.45) is 17.8 Å². The fourth-order valence-electron chi connectivity index (χ4n) is 6.37. The molecular weight excluding hydrogens is 356 g/mol. The molecule has 2 aromatic rings. The molecule has 29 heavy (non-hydrogen) atoms. The molecule has 2 aromatic carbocycles. The summed E-state index contributed by atoms with van der Waals surface area (Å²) in [6.45, 7) is 11.0. The number of fused-ring (bicyclic) bond motifs is 1. The van der Waals surface area contributed by atoms with E-state index in [9.17, 15) is 0 Å². The number of nitrogens with zero attached hydrogens (tertiary/aromatic N) is 2. The lowest BCUT2D eigenvalue weighted by Crippen LogP contribution is -2.51. The van der Waals surface area contributed by atoms with E-state index in [1.807, 2.05) is 0 Å². The SMILES string of the molecule is CCOc1cccc(C2(N3CCN(Cc4ccccc4)CC3)[C@@H]3CC(C)C[C@@H]32)c1. The van der Waals surface area contributed by atoms with E-state index in [0.29, 0.717) is 0 Å². The third kappa shape index (κ3) is 3.39. The van der Waals surface area contributed by atoms with Gasteiger partial charge in [0.25, 0.3) is 0 Å². The summed E-state index contributed by atoms with van der Waals surface area (Å²) < 4.78 is 5.86. The van der Waals surface area contributed by atoms with E-state index in [1.165, 1.54) is 37.1 Å². The topological polar surface area (TPSA) is 15.7 Å². The summed E-state index contributed by atoms with van der Waals surface area (Å²) in [5.41, 5.74) is 3.19. The van der Waals surface area contributed by atoms with Crippen molar-refractivity contribution in [2.75, 3.05) is 32.8 Å². The van der Waals surface area contributed by atoms with E-state index in [-0.39, 0.29) is 5.54 Å². The van der Waals surface area contributed by atoms with Gasteiger partial charge in [-0.15, -0.1) is 0 Å². The zero-order valence-electron chi connectivity index (χ0n) is 17.9. The van der Waals surface area contributed by atoms with Crippen LogP contribution in [-0.2, 0) is 12.1 Å². The Hall–Kier alpha value is -1.84. The van der Waals surface area contributed by atoms with Gasteiger partial charge in [0.05, 0.1) is 12.1 Å². The van der Waals surface area contributed by atoms with E-state index in [1.54, 1.807) is 0 Å². The largest absolute Gasteiger partial charge is 0.494 e. The van der Waals surface area contributed by atoms with Crippen LogP contribution in [0.2, 0.25) is 0 Å². The number of hydrogen-bond donors (Lipinski definition) is 0. The van der Waals surface area contributed by atoms with E-state index in [2.05, 4.69) is 78.2 Å². The number of benzene rings is 2. The molecule has 2 unspecified atom stereocenters. The summed E-state index contributed by atoms with van der Waals surface area (Å²) in [6.07, 6.45) is 2.77. The van der Waals surface area contributed by atoms with Gasteiger partial charge < -0.3 is 4.74 Å². The summed E-state index contributed by atoms with van der Waals surface area (Å²) >= 11 is 0. The predicted octanol–water partition coefficient (Wildman–Crippen LogP) is 4.77. The molecule has 1 heterocycles. The molecule has 5 rings (SSSR count). The van der Waals surface area contributed by atoms with Crippen LogP contribution in [0.1, 0.15) is 37.8 Å². The Kier molecular flexibility index (Phi) is 5.13. The maximum Gasteiger partial charge on any atom is 0.119 e. The highest BCUT2D eigenvalue weighted by molar-refractivity contribution is 5.42.